The van der Waals surface area contributed by atoms with E-state index >= 15 is 0 Å². The molecule has 0 aromatic heterocycles. The minimum atomic E-state index is -1.04. The first-order chi connectivity index (χ1) is 7.07. The minimum absolute atomic E-state index is 0.141. The molecule has 0 aliphatic heterocycles. The first-order valence-electron chi connectivity index (χ1n) is 5.54. The van der Waals surface area contributed by atoms with Crippen LogP contribution in [0.1, 0.15) is 46.0 Å². The normalized spacial score (nSPS) is 12.2. The lowest BCUT2D eigenvalue weighted by molar-refractivity contribution is -0.140. The van der Waals surface area contributed by atoms with Gasteiger partial charge in [-0.25, -0.2) is 9.18 Å². The number of carbonyl (C=O) groups is 1. The van der Waals surface area contributed by atoms with E-state index in [1.165, 1.54) is 0 Å². The molecule has 0 bridgehead atoms. The summed E-state index contributed by atoms with van der Waals surface area (Å²) in [5.74, 6) is -0.508. The number of carbonyl (C=O) groups excluding carboxylic acids is 1. The SMILES string of the molecule is C=C(C)C(=O)OCC(F)CCCCCC. The van der Waals surface area contributed by atoms with E-state index < -0.39 is 12.1 Å². The maximum absolute atomic E-state index is 13.1. The Balaban J connectivity index is 3.44. The highest BCUT2D eigenvalue weighted by Crippen LogP contribution is 2.09. The van der Waals surface area contributed by atoms with Gasteiger partial charge < -0.3 is 4.74 Å². The molecule has 3 heteroatoms. The van der Waals surface area contributed by atoms with Crippen LogP contribution in [-0.4, -0.2) is 18.7 Å². The number of alkyl halides is 1. The third-order valence-electron chi connectivity index (χ3n) is 2.11. The molecule has 1 atom stereocenters. The van der Waals surface area contributed by atoms with E-state index in [1.807, 2.05) is 0 Å². The number of hydrogen-bond donors (Lipinski definition) is 0. The number of halogens is 1. The molecular formula is C12H21FO2. The van der Waals surface area contributed by atoms with Gasteiger partial charge in [0.05, 0.1) is 0 Å². The zero-order valence-electron chi connectivity index (χ0n) is 9.72. The van der Waals surface area contributed by atoms with E-state index in [0.717, 1.165) is 25.7 Å². The van der Waals surface area contributed by atoms with Crippen molar-refractivity contribution in [1.82, 2.24) is 0 Å². The maximum Gasteiger partial charge on any atom is 0.333 e. The molecule has 2 nitrogen and oxygen atoms in total. The average Bonchev–Trinajstić information content (AvgIpc) is 2.20. The Hall–Kier alpha value is -0.860. The first kappa shape index (κ1) is 14.1. The Morgan fingerprint density at radius 3 is 2.60 bits per heavy atom. The highest BCUT2D eigenvalue weighted by atomic mass is 19.1. The van der Waals surface area contributed by atoms with Gasteiger partial charge in [-0.1, -0.05) is 39.2 Å². The third kappa shape index (κ3) is 8.16. The molecule has 0 N–H and O–H groups in total. The van der Waals surface area contributed by atoms with E-state index in [-0.39, 0.29) is 6.61 Å². The standard InChI is InChI=1S/C12H21FO2/c1-4-5-6-7-8-11(13)9-15-12(14)10(2)3/h11H,2,4-9H2,1,3H3. The fourth-order valence-electron chi connectivity index (χ4n) is 1.17. The average molecular weight is 216 g/mol. The summed E-state index contributed by atoms with van der Waals surface area (Å²) in [4.78, 5) is 10.9. The van der Waals surface area contributed by atoms with Gasteiger partial charge in [-0.3, -0.25) is 0 Å². The minimum Gasteiger partial charge on any atom is -0.459 e. The number of unbranched alkanes of at least 4 members (excludes halogenated alkanes) is 3. The van der Waals surface area contributed by atoms with Crippen LogP contribution in [-0.2, 0) is 9.53 Å². The summed E-state index contributed by atoms with van der Waals surface area (Å²) in [6.07, 6.45) is 3.62. The molecular weight excluding hydrogens is 195 g/mol. The second-order valence-electron chi connectivity index (χ2n) is 3.83. The van der Waals surface area contributed by atoms with E-state index in [2.05, 4.69) is 13.5 Å². The van der Waals surface area contributed by atoms with Crippen molar-refractivity contribution in [3.05, 3.63) is 12.2 Å². The van der Waals surface area contributed by atoms with Crippen molar-refractivity contribution >= 4 is 5.97 Å². The van der Waals surface area contributed by atoms with Gasteiger partial charge in [-0.2, -0.15) is 0 Å². The first-order valence-corrected chi connectivity index (χ1v) is 5.54. The molecule has 0 saturated heterocycles. The highest BCUT2D eigenvalue weighted by Gasteiger charge is 2.10. The van der Waals surface area contributed by atoms with Gasteiger partial charge in [0, 0.05) is 5.57 Å². The molecule has 0 fully saturated rings. The van der Waals surface area contributed by atoms with Gasteiger partial charge >= 0.3 is 5.97 Å². The van der Waals surface area contributed by atoms with Crippen molar-refractivity contribution in [2.45, 2.75) is 52.1 Å². The largest absolute Gasteiger partial charge is 0.459 e. The molecule has 0 rings (SSSR count). The van der Waals surface area contributed by atoms with Crippen molar-refractivity contribution in [2.24, 2.45) is 0 Å². The van der Waals surface area contributed by atoms with Crippen LogP contribution in [0.2, 0.25) is 0 Å². The lowest BCUT2D eigenvalue weighted by Crippen LogP contribution is -2.15. The predicted octanol–water partition coefficient (Wildman–Crippen LogP) is 3.41. The smallest absolute Gasteiger partial charge is 0.333 e. The number of esters is 1. The molecule has 0 aliphatic rings. The van der Waals surface area contributed by atoms with Crippen molar-refractivity contribution in [1.29, 1.82) is 0 Å². The summed E-state index contributed by atoms with van der Waals surface area (Å²) in [5.41, 5.74) is 0.313. The summed E-state index contributed by atoms with van der Waals surface area (Å²) < 4.78 is 17.9. The third-order valence-corrected chi connectivity index (χ3v) is 2.11. The van der Waals surface area contributed by atoms with Crippen LogP contribution in [0.3, 0.4) is 0 Å². The monoisotopic (exact) mass is 216 g/mol. The lowest BCUT2D eigenvalue weighted by atomic mass is 10.1. The Bertz CT molecular complexity index is 202. The fraction of sp³-hybridized carbons (Fsp3) is 0.750. The van der Waals surface area contributed by atoms with Crippen LogP contribution in [0.5, 0.6) is 0 Å². The summed E-state index contributed by atoms with van der Waals surface area (Å²) >= 11 is 0. The molecule has 0 saturated carbocycles. The number of ether oxygens (including phenoxy) is 1. The van der Waals surface area contributed by atoms with Crippen molar-refractivity contribution in [2.75, 3.05) is 6.61 Å². The van der Waals surface area contributed by atoms with Gasteiger partial charge in [-0.15, -0.1) is 0 Å². The second-order valence-corrected chi connectivity index (χ2v) is 3.83. The fourth-order valence-corrected chi connectivity index (χ4v) is 1.17. The molecule has 0 aromatic carbocycles. The molecule has 0 spiro atoms. The second kappa shape index (κ2) is 8.45. The molecule has 0 amide bonds. The molecule has 15 heavy (non-hydrogen) atoms. The highest BCUT2D eigenvalue weighted by molar-refractivity contribution is 5.86. The van der Waals surface area contributed by atoms with E-state index in [0.29, 0.717) is 12.0 Å². The van der Waals surface area contributed by atoms with Gasteiger partial charge in [0.1, 0.15) is 12.8 Å². The van der Waals surface area contributed by atoms with Crippen LogP contribution >= 0.6 is 0 Å². The lowest BCUT2D eigenvalue weighted by Gasteiger charge is -2.08. The molecule has 0 radical (unpaired) electrons. The van der Waals surface area contributed by atoms with E-state index in [9.17, 15) is 9.18 Å². The van der Waals surface area contributed by atoms with Gasteiger partial charge in [0.15, 0.2) is 0 Å². The Morgan fingerprint density at radius 1 is 1.40 bits per heavy atom. The van der Waals surface area contributed by atoms with E-state index in [4.69, 9.17) is 4.74 Å². The van der Waals surface area contributed by atoms with Crippen LogP contribution < -0.4 is 0 Å². The summed E-state index contributed by atoms with van der Waals surface area (Å²) in [5, 5.41) is 0. The molecule has 1 unspecified atom stereocenters. The molecule has 88 valence electrons. The van der Waals surface area contributed by atoms with Crippen LogP contribution in [0, 0.1) is 0 Å². The Morgan fingerprint density at radius 2 is 2.07 bits per heavy atom. The summed E-state index contributed by atoms with van der Waals surface area (Å²) in [6, 6.07) is 0. The van der Waals surface area contributed by atoms with Crippen LogP contribution in [0.4, 0.5) is 4.39 Å². The maximum atomic E-state index is 13.1. The van der Waals surface area contributed by atoms with E-state index in [1.54, 1.807) is 6.92 Å². The summed E-state index contributed by atoms with van der Waals surface area (Å²) in [7, 11) is 0. The van der Waals surface area contributed by atoms with Crippen molar-refractivity contribution < 1.29 is 13.9 Å². The molecule has 0 aromatic rings. The Labute approximate surface area is 91.5 Å². The topological polar surface area (TPSA) is 26.3 Å². The zero-order valence-corrected chi connectivity index (χ0v) is 9.72. The molecule has 0 heterocycles. The Kier molecular flexibility index (Phi) is 7.96. The van der Waals surface area contributed by atoms with Crippen LogP contribution in [0.25, 0.3) is 0 Å². The quantitative estimate of drug-likeness (QED) is 0.353. The van der Waals surface area contributed by atoms with Crippen molar-refractivity contribution in [3.63, 3.8) is 0 Å². The summed E-state index contributed by atoms with van der Waals surface area (Å²) in [6.45, 7) is 6.95. The van der Waals surface area contributed by atoms with Gasteiger partial charge in [0.2, 0.25) is 0 Å². The van der Waals surface area contributed by atoms with Crippen LogP contribution in [0.15, 0.2) is 12.2 Å². The van der Waals surface area contributed by atoms with Crippen molar-refractivity contribution in [3.8, 4) is 0 Å². The van der Waals surface area contributed by atoms with Gasteiger partial charge in [-0.05, 0) is 13.3 Å². The van der Waals surface area contributed by atoms with Gasteiger partial charge in [0.25, 0.3) is 0 Å². The number of rotatable bonds is 8. The number of hydrogen-bond acceptors (Lipinski definition) is 2. The zero-order chi connectivity index (χ0) is 11.7. The molecule has 0 aliphatic carbocycles. The predicted molar refractivity (Wildman–Crippen MR) is 59.4 cm³/mol.